The fourth-order valence-electron chi connectivity index (χ4n) is 2.32. The number of aromatic nitrogens is 1. The third kappa shape index (κ3) is 6.48. The molecule has 0 saturated heterocycles. The summed E-state index contributed by atoms with van der Waals surface area (Å²) >= 11 is 0. The average molecular weight is 370 g/mol. The first-order valence-corrected chi connectivity index (χ1v) is 7.76. The zero-order chi connectivity index (χ0) is 15.8. The van der Waals surface area contributed by atoms with Crippen LogP contribution in [0.2, 0.25) is 0 Å². The van der Waals surface area contributed by atoms with Gasteiger partial charge >= 0.3 is 0 Å². The van der Waals surface area contributed by atoms with Gasteiger partial charge in [-0.05, 0) is 18.1 Å². The van der Waals surface area contributed by atoms with Gasteiger partial charge in [-0.3, -0.25) is 9.78 Å². The van der Waals surface area contributed by atoms with E-state index in [1.807, 2.05) is 36.4 Å². The van der Waals surface area contributed by atoms with Crippen LogP contribution >= 0.6 is 24.8 Å². The molecule has 2 aromatic rings. The van der Waals surface area contributed by atoms with E-state index >= 15 is 0 Å². The fraction of sp³-hybridized carbons (Fsp3) is 0.333. The van der Waals surface area contributed by atoms with Crippen LogP contribution in [0.3, 0.4) is 0 Å². The Bertz CT molecular complexity index is 608. The van der Waals surface area contributed by atoms with E-state index in [0.29, 0.717) is 12.1 Å². The van der Waals surface area contributed by atoms with Crippen LogP contribution in [0.25, 0.3) is 11.1 Å². The van der Waals surface area contributed by atoms with Crippen LogP contribution in [0.5, 0.6) is 0 Å². The number of hydrogen-bond donors (Lipinski definition) is 2. The quantitative estimate of drug-likeness (QED) is 0.778. The number of carbonyl (C=O) groups is 1. The van der Waals surface area contributed by atoms with Gasteiger partial charge in [-0.1, -0.05) is 50.1 Å². The SMILES string of the molecule is CCCCC(CN)NC(=O)c1cncc(-c2ccccc2)c1.Cl.Cl. The number of halogens is 2. The largest absolute Gasteiger partial charge is 0.348 e. The maximum atomic E-state index is 12.4. The average Bonchev–Trinajstić information content (AvgIpc) is 2.59. The van der Waals surface area contributed by atoms with E-state index in [1.54, 1.807) is 12.4 Å². The first kappa shape index (κ1) is 22.4. The monoisotopic (exact) mass is 369 g/mol. The molecular weight excluding hydrogens is 345 g/mol. The second kappa shape index (κ2) is 11.8. The Morgan fingerprint density at radius 1 is 1.17 bits per heavy atom. The highest BCUT2D eigenvalue weighted by molar-refractivity contribution is 5.95. The van der Waals surface area contributed by atoms with E-state index in [4.69, 9.17) is 5.73 Å². The van der Waals surface area contributed by atoms with Crippen LogP contribution in [-0.4, -0.2) is 23.5 Å². The minimum Gasteiger partial charge on any atom is -0.348 e. The van der Waals surface area contributed by atoms with Crippen LogP contribution in [0.15, 0.2) is 48.8 Å². The van der Waals surface area contributed by atoms with E-state index in [0.717, 1.165) is 30.4 Å². The Labute approximate surface area is 156 Å². The smallest absolute Gasteiger partial charge is 0.253 e. The van der Waals surface area contributed by atoms with Gasteiger partial charge in [0.1, 0.15) is 0 Å². The van der Waals surface area contributed by atoms with Gasteiger partial charge in [0.25, 0.3) is 5.91 Å². The van der Waals surface area contributed by atoms with Crippen LogP contribution < -0.4 is 11.1 Å². The summed E-state index contributed by atoms with van der Waals surface area (Å²) in [5, 5.41) is 2.99. The summed E-state index contributed by atoms with van der Waals surface area (Å²) in [4.78, 5) is 16.5. The molecule has 0 saturated carbocycles. The number of pyridine rings is 1. The van der Waals surface area contributed by atoms with Gasteiger partial charge in [-0.2, -0.15) is 0 Å². The Balaban J connectivity index is 0.00000264. The van der Waals surface area contributed by atoms with Crippen LogP contribution in [0, 0.1) is 0 Å². The predicted octanol–water partition coefficient (Wildman–Crippen LogP) is 3.84. The van der Waals surface area contributed by atoms with E-state index in [-0.39, 0.29) is 36.8 Å². The number of nitrogens with one attached hydrogen (secondary N) is 1. The number of hydrogen-bond acceptors (Lipinski definition) is 3. The summed E-state index contributed by atoms with van der Waals surface area (Å²) in [6, 6.07) is 11.8. The molecule has 3 N–H and O–H groups in total. The summed E-state index contributed by atoms with van der Waals surface area (Å²) in [5.74, 6) is -0.114. The molecule has 0 radical (unpaired) electrons. The lowest BCUT2D eigenvalue weighted by molar-refractivity contribution is 0.0935. The van der Waals surface area contributed by atoms with Crippen LogP contribution in [0.4, 0.5) is 0 Å². The number of unbranched alkanes of at least 4 members (excludes halogenated alkanes) is 1. The lowest BCUT2D eigenvalue weighted by Crippen LogP contribution is -2.40. The van der Waals surface area contributed by atoms with Crippen molar-refractivity contribution in [2.24, 2.45) is 5.73 Å². The van der Waals surface area contributed by atoms with Crippen molar-refractivity contribution in [3.63, 3.8) is 0 Å². The van der Waals surface area contributed by atoms with Gasteiger partial charge in [-0.25, -0.2) is 0 Å². The van der Waals surface area contributed by atoms with Crippen molar-refractivity contribution in [3.8, 4) is 11.1 Å². The number of rotatable bonds is 7. The molecule has 6 heteroatoms. The number of nitrogens with zero attached hydrogens (tertiary/aromatic N) is 1. The van der Waals surface area contributed by atoms with Gasteiger partial charge in [0.15, 0.2) is 0 Å². The molecule has 0 bridgehead atoms. The lowest BCUT2D eigenvalue weighted by Gasteiger charge is -2.16. The van der Waals surface area contributed by atoms with Gasteiger partial charge in [-0.15, -0.1) is 24.8 Å². The minimum absolute atomic E-state index is 0. The van der Waals surface area contributed by atoms with Crippen LogP contribution in [-0.2, 0) is 0 Å². The van der Waals surface area contributed by atoms with Crippen molar-refractivity contribution >= 4 is 30.7 Å². The number of carbonyl (C=O) groups excluding carboxylic acids is 1. The molecule has 0 spiro atoms. The summed E-state index contributed by atoms with van der Waals surface area (Å²) in [5.41, 5.74) is 8.28. The van der Waals surface area contributed by atoms with Gasteiger partial charge in [0.05, 0.1) is 5.56 Å². The highest BCUT2D eigenvalue weighted by atomic mass is 35.5. The zero-order valence-electron chi connectivity index (χ0n) is 13.8. The summed E-state index contributed by atoms with van der Waals surface area (Å²) < 4.78 is 0. The van der Waals surface area contributed by atoms with Crippen LogP contribution in [0.1, 0.15) is 36.5 Å². The van der Waals surface area contributed by atoms with Gasteiger partial charge in [0.2, 0.25) is 0 Å². The standard InChI is InChI=1S/C18H23N3O.2ClH/c1-2-3-9-17(11-19)21-18(22)16-10-15(12-20-13-16)14-7-5-4-6-8-14;;/h4-8,10,12-13,17H,2-3,9,11,19H2,1H3,(H,21,22);2*1H. The maximum Gasteiger partial charge on any atom is 0.253 e. The van der Waals surface area contributed by atoms with Crippen molar-refractivity contribution in [2.45, 2.75) is 32.2 Å². The Morgan fingerprint density at radius 2 is 1.88 bits per heavy atom. The topological polar surface area (TPSA) is 68.0 Å². The first-order valence-electron chi connectivity index (χ1n) is 7.76. The Kier molecular flexibility index (Phi) is 11.0. The zero-order valence-corrected chi connectivity index (χ0v) is 15.4. The van der Waals surface area contributed by atoms with Crippen molar-refractivity contribution in [3.05, 3.63) is 54.4 Å². The second-order valence-electron chi connectivity index (χ2n) is 5.38. The summed E-state index contributed by atoms with van der Waals surface area (Å²) in [6.07, 6.45) is 6.42. The molecule has 2 rings (SSSR count). The highest BCUT2D eigenvalue weighted by Gasteiger charge is 2.13. The van der Waals surface area contributed by atoms with Gasteiger partial charge < -0.3 is 11.1 Å². The van der Waals surface area contributed by atoms with E-state index < -0.39 is 0 Å². The Morgan fingerprint density at radius 3 is 2.50 bits per heavy atom. The molecule has 1 heterocycles. The number of amides is 1. The van der Waals surface area contributed by atoms with Crippen molar-refractivity contribution in [1.29, 1.82) is 0 Å². The molecule has 1 aromatic heterocycles. The van der Waals surface area contributed by atoms with Crippen molar-refractivity contribution in [2.75, 3.05) is 6.54 Å². The third-order valence-corrected chi connectivity index (χ3v) is 3.63. The van der Waals surface area contributed by atoms with E-state index in [2.05, 4.69) is 17.2 Å². The first-order chi connectivity index (χ1) is 10.7. The number of nitrogens with two attached hydrogens (primary N) is 1. The molecule has 1 aromatic carbocycles. The molecule has 0 aliphatic rings. The van der Waals surface area contributed by atoms with Crippen molar-refractivity contribution < 1.29 is 4.79 Å². The molecule has 4 nitrogen and oxygen atoms in total. The lowest BCUT2D eigenvalue weighted by atomic mass is 10.1. The second-order valence-corrected chi connectivity index (χ2v) is 5.38. The molecule has 0 aliphatic heterocycles. The normalized spacial score (nSPS) is 10.9. The molecule has 1 amide bonds. The molecular formula is C18H25Cl2N3O. The fourth-order valence-corrected chi connectivity index (χ4v) is 2.32. The Hall–Kier alpha value is -1.62. The van der Waals surface area contributed by atoms with E-state index in [1.165, 1.54) is 0 Å². The molecule has 132 valence electrons. The number of benzene rings is 1. The van der Waals surface area contributed by atoms with Gasteiger partial charge in [0, 0.05) is 30.5 Å². The molecule has 0 aliphatic carbocycles. The summed E-state index contributed by atoms with van der Waals surface area (Å²) in [6.45, 7) is 2.58. The van der Waals surface area contributed by atoms with E-state index in [9.17, 15) is 4.79 Å². The molecule has 1 unspecified atom stereocenters. The molecule has 1 atom stereocenters. The minimum atomic E-state index is -0.114. The third-order valence-electron chi connectivity index (χ3n) is 3.63. The predicted molar refractivity (Wildman–Crippen MR) is 104 cm³/mol. The molecule has 24 heavy (non-hydrogen) atoms. The molecule has 0 fully saturated rings. The summed E-state index contributed by atoms with van der Waals surface area (Å²) in [7, 11) is 0. The highest BCUT2D eigenvalue weighted by Crippen LogP contribution is 2.18. The van der Waals surface area contributed by atoms with Crippen molar-refractivity contribution in [1.82, 2.24) is 10.3 Å². The maximum absolute atomic E-state index is 12.4.